The number of benzene rings is 1. The molecule has 2 rings (SSSR count). The second kappa shape index (κ2) is 4.13. The highest BCUT2D eigenvalue weighted by Crippen LogP contribution is 2.21. The van der Waals surface area contributed by atoms with Crippen LogP contribution < -0.4 is 0 Å². The van der Waals surface area contributed by atoms with Gasteiger partial charge in [0, 0.05) is 12.8 Å². The van der Waals surface area contributed by atoms with E-state index in [1.807, 2.05) is 24.3 Å². The number of rotatable bonds is 2. The molecule has 0 aromatic heterocycles. The predicted molar refractivity (Wildman–Crippen MR) is 58.7 cm³/mol. The molecule has 0 radical (unpaired) electrons. The van der Waals surface area contributed by atoms with Crippen LogP contribution in [0.5, 0.6) is 5.75 Å². The van der Waals surface area contributed by atoms with Gasteiger partial charge in [-0.2, -0.15) is 0 Å². The molecule has 0 fully saturated rings. The van der Waals surface area contributed by atoms with Crippen molar-refractivity contribution in [2.24, 2.45) is 0 Å². The standard InChI is InChI=1S/C13H12O2/c14-12-7-5-10(6-8-12)9-11-3-1-2-4-13(11)15/h1-7,15H,8-9H2. The molecular weight excluding hydrogens is 188 g/mol. The minimum atomic E-state index is 0.135. The van der Waals surface area contributed by atoms with Gasteiger partial charge in [-0.25, -0.2) is 0 Å². The summed E-state index contributed by atoms with van der Waals surface area (Å²) in [6.07, 6.45) is 6.47. The van der Waals surface area contributed by atoms with E-state index in [9.17, 15) is 9.90 Å². The summed E-state index contributed by atoms with van der Waals surface area (Å²) in [5, 5.41) is 9.57. The zero-order chi connectivity index (χ0) is 10.7. The van der Waals surface area contributed by atoms with Gasteiger partial charge in [0.25, 0.3) is 0 Å². The maximum absolute atomic E-state index is 10.9. The van der Waals surface area contributed by atoms with Crippen LogP contribution in [0.3, 0.4) is 0 Å². The Morgan fingerprint density at radius 2 is 2.00 bits per heavy atom. The number of allylic oxidation sites excluding steroid dienone is 4. The summed E-state index contributed by atoms with van der Waals surface area (Å²) in [4.78, 5) is 10.9. The highest BCUT2D eigenvalue weighted by molar-refractivity contribution is 5.92. The van der Waals surface area contributed by atoms with Crippen molar-refractivity contribution in [3.8, 4) is 5.75 Å². The molecule has 1 aliphatic rings. The molecule has 0 unspecified atom stereocenters. The van der Waals surface area contributed by atoms with E-state index < -0.39 is 0 Å². The largest absolute Gasteiger partial charge is 0.508 e. The fourth-order valence-corrected chi connectivity index (χ4v) is 1.58. The van der Waals surface area contributed by atoms with Crippen LogP contribution in [0.25, 0.3) is 0 Å². The minimum Gasteiger partial charge on any atom is -0.508 e. The molecule has 2 nitrogen and oxygen atoms in total. The number of para-hydroxylation sites is 1. The summed E-state index contributed by atoms with van der Waals surface area (Å²) in [6.45, 7) is 0. The van der Waals surface area contributed by atoms with Gasteiger partial charge in [-0.15, -0.1) is 0 Å². The third kappa shape index (κ3) is 2.34. The van der Waals surface area contributed by atoms with Crippen LogP contribution in [0.1, 0.15) is 12.0 Å². The number of phenols is 1. The van der Waals surface area contributed by atoms with E-state index in [2.05, 4.69) is 0 Å². The Bertz CT molecular complexity index is 442. The fourth-order valence-electron chi connectivity index (χ4n) is 1.58. The van der Waals surface area contributed by atoms with E-state index in [4.69, 9.17) is 0 Å². The zero-order valence-corrected chi connectivity index (χ0v) is 8.31. The molecule has 0 heterocycles. The van der Waals surface area contributed by atoms with Gasteiger partial charge in [-0.05, 0) is 23.3 Å². The van der Waals surface area contributed by atoms with Gasteiger partial charge in [0.1, 0.15) is 5.75 Å². The second-order valence-electron chi connectivity index (χ2n) is 3.59. The third-order valence-corrected chi connectivity index (χ3v) is 2.43. The Kier molecular flexibility index (Phi) is 2.68. The number of phenolic OH excluding ortho intramolecular Hbond substituents is 1. The lowest BCUT2D eigenvalue weighted by atomic mass is 9.99. The molecular formula is C13H12O2. The molecule has 76 valence electrons. The Morgan fingerprint density at radius 1 is 1.20 bits per heavy atom. The normalized spacial score (nSPS) is 15.2. The van der Waals surface area contributed by atoms with Crippen LogP contribution in [0.2, 0.25) is 0 Å². The van der Waals surface area contributed by atoms with Gasteiger partial charge in [-0.3, -0.25) is 4.79 Å². The van der Waals surface area contributed by atoms with Gasteiger partial charge < -0.3 is 5.11 Å². The topological polar surface area (TPSA) is 37.3 Å². The van der Waals surface area contributed by atoms with Crippen LogP contribution in [0.15, 0.2) is 48.1 Å². The van der Waals surface area contributed by atoms with Crippen molar-refractivity contribution >= 4 is 5.78 Å². The molecule has 0 saturated carbocycles. The summed E-state index contributed by atoms with van der Waals surface area (Å²) < 4.78 is 0. The van der Waals surface area contributed by atoms with Gasteiger partial charge in [0.2, 0.25) is 0 Å². The molecule has 0 atom stereocenters. The summed E-state index contributed by atoms with van der Waals surface area (Å²) in [5.41, 5.74) is 1.97. The molecule has 1 aromatic rings. The lowest BCUT2D eigenvalue weighted by Crippen LogP contribution is -1.98. The van der Waals surface area contributed by atoms with Crippen molar-refractivity contribution in [1.29, 1.82) is 0 Å². The lowest BCUT2D eigenvalue weighted by molar-refractivity contribution is -0.113. The predicted octanol–water partition coefficient (Wildman–Crippen LogP) is 2.39. The van der Waals surface area contributed by atoms with Crippen molar-refractivity contribution in [1.82, 2.24) is 0 Å². The first-order chi connectivity index (χ1) is 7.25. The first-order valence-electron chi connectivity index (χ1n) is 4.92. The van der Waals surface area contributed by atoms with Gasteiger partial charge in [-0.1, -0.05) is 30.4 Å². The highest BCUT2D eigenvalue weighted by Gasteiger charge is 2.06. The van der Waals surface area contributed by atoms with E-state index in [1.165, 1.54) is 0 Å². The minimum absolute atomic E-state index is 0.135. The maximum atomic E-state index is 10.9. The number of aromatic hydroxyl groups is 1. The summed E-state index contributed by atoms with van der Waals surface area (Å²) in [5.74, 6) is 0.444. The molecule has 0 bridgehead atoms. The average molecular weight is 200 g/mol. The molecule has 0 amide bonds. The molecule has 0 spiro atoms. The smallest absolute Gasteiger partial charge is 0.159 e. The number of hydrogen-bond donors (Lipinski definition) is 1. The highest BCUT2D eigenvalue weighted by atomic mass is 16.3. The second-order valence-corrected chi connectivity index (χ2v) is 3.59. The van der Waals surface area contributed by atoms with Crippen molar-refractivity contribution in [2.45, 2.75) is 12.8 Å². The van der Waals surface area contributed by atoms with Gasteiger partial charge in [0.15, 0.2) is 5.78 Å². The molecule has 15 heavy (non-hydrogen) atoms. The van der Waals surface area contributed by atoms with E-state index in [0.717, 1.165) is 11.1 Å². The Hall–Kier alpha value is -1.83. The lowest BCUT2D eigenvalue weighted by Gasteiger charge is -2.07. The number of carbonyl (C=O) groups excluding carboxylic acids is 1. The SMILES string of the molecule is O=C1C=CC(Cc2ccccc2O)=CC1. The van der Waals surface area contributed by atoms with Crippen LogP contribution in [0, 0.1) is 0 Å². The summed E-state index contributed by atoms with van der Waals surface area (Å²) in [7, 11) is 0. The number of ketones is 1. The summed E-state index contributed by atoms with van der Waals surface area (Å²) >= 11 is 0. The maximum Gasteiger partial charge on any atom is 0.159 e. The van der Waals surface area contributed by atoms with Gasteiger partial charge in [0.05, 0.1) is 0 Å². The third-order valence-electron chi connectivity index (χ3n) is 2.43. The van der Waals surface area contributed by atoms with E-state index in [0.29, 0.717) is 18.6 Å². The zero-order valence-electron chi connectivity index (χ0n) is 8.31. The van der Waals surface area contributed by atoms with Crippen LogP contribution >= 0.6 is 0 Å². The number of carbonyl (C=O) groups is 1. The average Bonchev–Trinajstić information content (AvgIpc) is 2.25. The van der Waals surface area contributed by atoms with Crippen LogP contribution in [0.4, 0.5) is 0 Å². The monoisotopic (exact) mass is 200 g/mol. The first-order valence-corrected chi connectivity index (χ1v) is 4.92. The Labute approximate surface area is 88.6 Å². The van der Waals surface area contributed by atoms with Gasteiger partial charge >= 0.3 is 0 Å². The van der Waals surface area contributed by atoms with Crippen molar-refractivity contribution in [3.05, 3.63) is 53.6 Å². The fraction of sp³-hybridized carbons (Fsp3) is 0.154. The number of hydrogen-bond acceptors (Lipinski definition) is 2. The van der Waals surface area contributed by atoms with E-state index in [1.54, 1.807) is 18.2 Å². The molecule has 1 N–H and O–H groups in total. The Morgan fingerprint density at radius 3 is 2.67 bits per heavy atom. The van der Waals surface area contributed by atoms with Crippen LogP contribution in [-0.2, 0) is 11.2 Å². The quantitative estimate of drug-likeness (QED) is 0.795. The van der Waals surface area contributed by atoms with Crippen LogP contribution in [-0.4, -0.2) is 10.9 Å². The molecule has 0 saturated heterocycles. The Balaban J connectivity index is 2.14. The molecule has 1 aromatic carbocycles. The first kappa shape index (κ1) is 9.71. The molecule has 1 aliphatic carbocycles. The van der Waals surface area contributed by atoms with Crippen molar-refractivity contribution in [2.75, 3.05) is 0 Å². The summed E-state index contributed by atoms with van der Waals surface area (Å²) in [6, 6.07) is 7.26. The van der Waals surface area contributed by atoms with Crippen molar-refractivity contribution < 1.29 is 9.90 Å². The van der Waals surface area contributed by atoms with E-state index >= 15 is 0 Å². The van der Waals surface area contributed by atoms with Crippen molar-refractivity contribution in [3.63, 3.8) is 0 Å². The molecule has 0 aliphatic heterocycles. The van der Waals surface area contributed by atoms with E-state index in [-0.39, 0.29) is 5.78 Å². The molecule has 2 heteroatoms.